The van der Waals surface area contributed by atoms with Crippen LogP contribution < -0.4 is 0 Å². The third kappa shape index (κ3) is 5.85. The second-order valence-electron chi connectivity index (χ2n) is 9.74. The van der Waals surface area contributed by atoms with Crippen molar-refractivity contribution in [2.24, 2.45) is 0 Å². The first kappa shape index (κ1) is 25.8. The molecule has 1 amide bonds. The lowest BCUT2D eigenvalue weighted by Gasteiger charge is -2.23. The molecule has 0 unspecified atom stereocenters. The summed E-state index contributed by atoms with van der Waals surface area (Å²) in [7, 11) is 0. The van der Waals surface area contributed by atoms with E-state index in [2.05, 4.69) is 37.3 Å². The van der Waals surface area contributed by atoms with Gasteiger partial charge in [-0.3, -0.25) is 4.79 Å². The first-order chi connectivity index (χ1) is 18.4. The number of para-hydroxylation sites is 1. The van der Waals surface area contributed by atoms with Gasteiger partial charge in [-0.1, -0.05) is 54.6 Å². The van der Waals surface area contributed by atoms with E-state index in [0.29, 0.717) is 25.8 Å². The lowest BCUT2D eigenvalue weighted by Crippen LogP contribution is -2.33. The van der Waals surface area contributed by atoms with Crippen molar-refractivity contribution in [1.82, 2.24) is 9.88 Å². The summed E-state index contributed by atoms with van der Waals surface area (Å²) in [5.41, 5.74) is 5.51. The third-order valence-electron chi connectivity index (χ3n) is 7.01. The number of thiazole rings is 1. The molecule has 1 fully saturated rings. The number of aliphatic hydroxyl groups is 1. The smallest absolute Gasteiger partial charge is 0.335 e. The second-order valence-corrected chi connectivity index (χ2v) is 10.8. The Hall–Kier alpha value is -3.81. The van der Waals surface area contributed by atoms with Crippen LogP contribution >= 0.6 is 11.3 Å². The number of aromatic nitrogens is 1. The lowest BCUT2D eigenvalue weighted by atomic mass is 10.0. The van der Waals surface area contributed by atoms with E-state index in [1.807, 2.05) is 23.1 Å². The highest BCUT2D eigenvalue weighted by molar-refractivity contribution is 7.21. The number of amides is 1. The molecule has 1 aliphatic heterocycles. The Kier molecular flexibility index (Phi) is 7.67. The molecular formula is C31H30N2O4S. The summed E-state index contributed by atoms with van der Waals surface area (Å²) in [6, 6.07) is 21.1. The van der Waals surface area contributed by atoms with Crippen LogP contribution in [-0.4, -0.2) is 50.7 Å². The number of likely N-dealkylation sites (tertiary alicyclic amines) is 1. The van der Waals surface area contributed by atoms with E-state index >= 15 is 0 Å². The maximum Gasteiger partial charge on any atom is 0.335 e. The summed E-state index contributed by atoms with van der Waals surface area (Å²) in [6.07, 6.45) is 5.43. The molecule has 5 rings (SSSR count). The van der Waals surface area contributed by atoms with Gasteiger partial charge in [0.05, 0.1) is 27.9 Å². The van der Waals surface area contributed by atoms with E-state index < -0.39 is 12.1 Å². The number of aryl methyl sites for hydroxylation is 1. The van der Waals surface area contributed by atoms with Crippen LogP contribution in [0.2, 0.25) is 0 Å². The number of nitrogens with zero attached hydrogens (tertiary/aromatic N) is 2. The van der Waals surface area contributed by atoms with Gasteiger partial charge in [-0.05, 0) is 60.7 Å². The quantitative estimate of drug-likeness (QED) is 0.275. The number of benzene rings is 3. The lowest BCUT2D eigenvalue weighted by molar-refractivity contribution is -0.128. The minimum absolute atomic E-state index is 0.0484. The fourth-order valence-electron chi connectivity index (χ4n) is 4.92. The highest BCUT2D eigenvalue weighted by Crippen LogP contribution is 2.32. The topological polar surface area (TPSA) is 90.7 Å². The number of carbonyl (C=O) groups excluding carboxylic acids is 1. The van der Waals surface area contributed by atoms with Gasteiger partial charge >= 0.3 is 5.97 Å². The molecule has 38 heavy (non-hydrogen) atoms. The standard InChI is InChI=1S/C31H30N2O4S/c1-20-4-2-7-27-29(20)32-30(38-27)24-6-3-5-22(18-24)19-26(34)14-12-25-13-15-28(35)33(25)17-16-21-8-10-23(11-9-21)31(36)37/h2-12,14,18,25-26,34H,13,15-17,19H2,1H3,(H,36,37)/b14-12+/t25-,26+/m0/s1. The summed E-state index contributed by atoms with van der Waals surface area (Å²) in [5.74, 6) is -0.844. The monoisotopic (exact) mass is 526 g/mol. The van der Waals surface area contributed by atoms with Gasteiger partial charge in [-0.2, -0.15) is 0 Å². The maximum atomic E-state index is 12.5. The number of aromatic carboxylic acids is 1. The molecule has 2 N–H and O–H groups in total. The number of carbonyl (C=O) groups is 2. The fraction of sp³-hybridized carbons (Fsp3) is 0.258. The third-order valence-corrected chi connectivity index (χ3v) is 8.08. The summed E-state index contributed by atoms with van der Waals surface area (Å²) >= 11 is 1.67. The van der Waals surface area contributed by atoms with E-state index in [1.54, 1.807) is 41.7 Å². The first-order valence-corrected chi connectivity index (χ1v) is 13.6. The highest BCUT2D eigenvalue weighted by Gasteiger charge is 2.28. The summed E-state index contributed by atoms with van der Waals surface area (Å²) < 4.78 is 1.17. The highest BCUT2D eigenvalue weighted by atomic mass is 32.1. The van der Waals surface area contributed by atoms with Crippen molar-refractivity contribution < 1.29 is 19.8 Å². The van der Waals surface area contributed by atoms with Crippen molar-refractivity contribution in [1.29, 1.82) is 0 Å². The Bertz CT molecular complexity index is 1490. The molecule has 0 saturated carbocycles. The van der Waals surface area contributed by atoms with Gasteiger partial charge in [0.25, 0.3) is 0 Å². The zero-order valence-electron chi connectivity index (χ0n) is 21.2. The van der Waals surface area contributed by atoms with Gasteiger partial charge in [0, 0.05) is 24.9 Å². The number of hydrogen-bond acceptors (Lipinski definition) is 5. The Labute approximate surface area is 225 Å². The molecule has 4 aromatic rings. The molecule has 1 aliphatic rings. The summed E-state index contributed by atoms with van der Waals surface area (Å²) in [5, 5.41) is 20.8. The minimum Gasteiger partial charge on any atom is -0.478 e. The van der Waals surface area contributed by atoms with Crippen molar-refractivity contribution in [2.45, 2.75) is 44.8 Å². The summed E-state index contributed by atoms with van der Waals surface area (Å²) in [6.45, 7) is 2.63. The molecule has 194 valence electrons. The zero-order valence-corrected chi connectivity index (χ0v) is 22.0. The van der Waals surface area contributed by atoms with Crippen LogP contribution in [0.4, 0.5) is 0 Å². The van der Waals surface area contributed by atoms with Gasteiger partial charge < -0.3 is 15.1 Å². The van der Waals surface area contributed by atoms with Crippen molar-refractivity contribution in [3.63, 3.8) is 0 Å². The molecule has 7 heteroatoms. The maximum absolute atomic E-state index is 12.5. The molecule has 0 aliphatic carbocycles. The van der Waals surface area contributed by atoms with Crippen molar-refractivity contribution in [2.75, 3.05) is 6.54 Å². The van der Waals surface area contributed by atoms with Crippen LogP contribution in [0.25, 0.3) is 20.8 Å². The number of rotatable bonds is 9. The predicted octanol–water partition coefficient (Wildman–Crippen LogP) is 5.66. The zero-order chi connectivity index (χ0) is 26.6. The molecule has 0 spiro atoms. The van der Waals surface area contributed by atoms with Crippen molar-refractivity contribution >= 4 is 33.4 Å². The predicted molar refractivity (Wildman–Crippen MR) is 150 cm³/mol. The Morgan fingerprint density at radius 3 is 2.68 bits per heavy atom. The largest absolute Gasteiger partial charge is 0.478 e. The van der Waals surface area contributed by atoms with Crippen LogP contribution in [0.15, 0.2) is 78.9 Å². The van der Waals surface area contributed by atoms with Crippen LogP contribution in [0.5, 0.6) is 0 Å². The summed E-state index contributed by atoms with van der Waals surface area (Å²) in [4.78, 5) is 30.2. The number of hydrogen-bond donors (Lipinski definition) is 2. The molecule has 2 heterocycles. The van der Waals surface area contributed by atoms with Gasteiger partial charge in [0.15, 0.2) is 0 Å². The van der Waals surface area contributed by atoms with Gasteiger partial charge in [0.1, 0.15) is 5.01 Å². The van der Waals surface area contributed by atoms with Crippen LogP contribution in [-0.2, 0) is 17.6 Å². The molecule has 0 bridgehead atoms. The van der Waals surface area contributed by atoms with Crippen molar-refractivity contribution in [3.8, 4) is 10.6 Å². The first-order valence-electron chi connectivity index (χ1n) is 12.8. The van der Waals surface area contributed by atoms with E-state index in [-0.39, 0.29) is 17.5 Å². The van der Waals surface area contributed by atoms with E-state index in [4.69, 9.17) is 10.1 Å². The molecule has 1 saturated heterocycles. The molecule has 3 aromatic carbocycles. The Morgan fingerprint density at radius 1 is 1.13 bits per heavy atom. The van der Waals surface area contributed by atoms with Gasteiger partial charge in [-0.15, -0.1) is 11.3 Å². The second kappa shape index (κ2) is 11.3. The molecule has 1 aromatic heterocycles. The van der Waals surface area contributed by atoms with E-state index in [9.17, 15) is 14.7 Å². The van der Waals surface area contributed by atoms with Gasteiger partial charge in [0.2, 0.25) is 5.91 Å². The van der Waals surface area contributed by atoms with E-state index in [0.717, 1.165) is 39.2 Å². The van der Waals surface area contributed by atoms with E-state index in [1.165, 1.54) is 4.70 Å². The molecule has 2 atom stereocenters. The molecular weight excluding hydrogens is 496 g/mol. The number of aliphatic hydroxyl groups excluding tert-OH is 1. The van der Waals surface area contributed by atoms with Gasteiger partial charge in [-0.25, -0.2) is 9.78 Å². The Morgan fingerprint density at radius 2 is 1.92 bits per heavy atom. The molecule has 0 radical (unpaired) electrons. The molecule has 6 nitrogen and oxygen atoms in total. The SMILES string of the molecule is Cc1cccc2sc(-c3cccc(C[C@H](O)/C=C/[C@H]4CCC(=O)N4CCc4ccc(C(=O)O)cc4)c3)nc12. The van der Waals surface area contributed by atoms with Crippen LogP contribution in [0, 0.1) is 6.92 Å². The van der Waals surface area contributed by atoms with Crippen LogP contribution in [0.3, 0.4) is 0 Å². The van der Waals surface area contributed by atoms with Crippen molar-refractivity contribution in [3.05, 3.63) is 101 Å². The normalized spacial score (nSPS) is 16.5. The Balaban J connectivity index is 1.21. The number of carboxylic acids is 1. The fourth-order valence-corrected chi connectivity index (χ4v) is 5.96. The average Bonchev–Trinajstić information content (AvgIpc) is 3.51. The van der Waals surface area contributed by atoms with Crippen LogP contribution in [0.1, 0.15) is 39.9 Å². The average molecular weight is 527 g/mol. The number of carboxylic acid groups (broad SMARTS) is 1. The number of fused-ring (bicyclic) bond motifs is 1. The minimum atomic E-state index is -0.950.